The lowest BCUT2D eigenvalue weighted by atomic mass is 10.2. The number of aliphatic hydroxyl groups excluding tert-OH is 1. The van der Waals surface area contributed by atoms with Gasteiger partial charge in [-0.3, -0.25) is 20.2 Å². The van der Waals surface area contributed by atoms with Crippen molar-refractivity contribution >= 4 is 28.4 Å². The normalized spacial score (nSPS) is 10.9. The maximum absolute atomic E-state index is 11.1. The second-order valence-corrected chi connectivity index (χ2v) is 5.97. The monoisotopic (exact) mass is 387 g/mol. The van der Waals surface area contributed by atoms with E-state index in [0.717, 1.165) is 37.2 Å². The summed E-state index contributed by atoms with van der Waals surface area (Å²) in [5, 5.41) is 39.0. The molecule has 0 bridgehead atoms. The highest BCUT2D eigenvalue weighted by molar-refractivity contribution is 5.62. The number of nitrogens with zero attached hydrogens (tertiary/aromatic N) is 5. The summed E-state index contributed by atoms with van der Waals surface area (Å²) in [6.07, 6.45) is 2.05. The second kappa shape index (κ2) is 10.1. The van der Waals surface area contributed by atoms with Crippen LogP contribution >= 0.6 is 0 Å². The van der Waals surface area contributed by atoms with E-state index >= 15 is 0 Å². The van der Waals surface area contributed by atoms with Crippen molar-refractivity contribution in [1.29, 1.82) is 0 Å². The van der Waals surface area contributed by atoms with Crippen molar-refractivity contribution in [3.05, 3.63) is 62.7 Å². The van der Waals surface area contributed by atoms with E-state index in [1.165, 1.54) is 6.07 Å². The molecule has 0 heterocycles. The Balaban J connectivity index is 2.20. The first-order chi connectivity index (χ1) is 13.5. The van der Waals surface area contributed by atoms with Crippen molar-refractivity contribution in [1.82, 2.24) is 0 Å². The first-order valence-electron chi connectivity index (χ1n) is 8.76. The van der Waals surface area contributed by atoms with E-state index in [2.05, 4.69) is 22.1 Å². The molecule has 148 valence electrons. The van der Waals surface area contributed by atoms with E-state index < -0.39 is 15.5 Å². The zero-order valence-electron chi connectivity index (χ0n) is 15.4. The summed E-state index contributed by atoms with van der Waals surface area (Å²) in [7, 11) is 0. The third kappa shape index (κ3) is 5.55. The van der Waals surface area contributed by atoms with Gasteiger partial charge < -0.3 is 10.0 Å². The molecule has 0 spiro atoms. The number of nitro groups is 2. The average molecular weight is 387 g/mol. The molecule has 0 atom stereocenters. The Morgan fingerprint density at radius 1 is 1.00 bits per heavy atom. The molecule has 2 aromatic carbocycles. The maximum Gasteiger partial charge on any atom is 0.303 e. The molecule has 0 aliphatic rings. The summed E-state index contributed by atoms with van der Waals surface area (Å²) >= 11 is 0. The zero-order valence-corrected chi connectivity index (χ0v) is 15.4. The van der Waals surface area contributed by atoms with Crippen LogP contribution in [-0.4, -0.2) is 34.6 Å². The highest BCUT2D eigenvalue weighted by Crippen LogP contribution is 2.32. The molecule has 1 N–H and O–H groups in total. The molecule has 0 aromatic heterocycles. The van der Waals surface area contributed by atoms with Gasteiger partial charge in [-0.1, -0.05) is 13.3 Å². The number of hydrogen-bond donors (Lipinski definition) is 1. The lowest BCUT2D eigenvalue weighted by Gasteiger charge is -2.23. The zero-order chi connectivity index (χ0) is 20.5. The van der Waals surface area contributed by atoms with E-state index in [0.29, 0.717) is 12.2 Å². The van der Waals surface area contributed by atoms with Gasteiger partial charge in [0.25, 0.3) is 5.69 Å². The number of hydrogen-bond acceptors (Lipinski definition) is 8. The van der Waals surface area contributed by atoms with Gasteiger partial charge >= 0.3 is 5.69 Å². The molecule has 0 fully saturated rings. The van der Waals surface area contributed by atoms with Gasteiger partial charge in [-0.25, -0.2) is 0 Å². The predicted octanol–water partition coefficient (Wildman–Crippen LogP) is 4.52. The minimum Gasteiger partial charge on any atom is -0.395 e. The van der Waals surface area contributed by atoms with E-state index in [1.54, 1.807) is 12.1 Å². The number of unbranched alkanes of at least 4 members (excludes halogenated alkanes) is 1. The van der Waals surface area contributed by atoms with Gasteiger partial charge in [-0.2, -0.15) is 5.11 Å². The number of rotatable bonds is 10. The first-order valence-corrected chi connectivity index (χ1v) is 8.76. The molecule has 0 aliphatic heterocycles. The molecule has 0 aliphatic carbocycles. The number of nitro benzene ring substituents is 2. The summed E-state index contributed by atoms with van der Waals surface area (Å²) in [6, 6.07) is 10.3. The van der Waals surface area contributed by atoms with Gasteiger partial charge in [-0.15, -0.1) is 5.11 Å². The van der Waals surface area contributed by atoms with Gasteiger partial charge in [0, 0.05) is 24.8 Å². The summed E-state index contributed by atoms with van der Waals surface area (Å²) in [4.78, 5) is 22.5. The fraction of sp³-hybridized carbons (Fsp3) is 0.333. The Kier molecular flexibility index (Phi) is 7.52. The lowest BCUT2D eigenvalue weighted by molar-refractivity contribution is -0.393. The van der Waals surface area contributed by atoms with Gasteiger partial charge in [-0.05, 0) is 36.8 Å². The number of anilines is 1. The van der Waals surface area contributed by atoms with Crippen molar-refractivity contribution in [3.63, 3.8) is 0 Å². The lowest BCUT2D eigenvalue weighted by Crippen LogP contribution is -2.27. The topological polar surface area (TPSA) is 134 Å². The van der Waals surface area contributed by atoms with Crippen LogP contribution in [0.3, 0.4) is 0 Å². The number of azo groups is 1. The smallest absolute Gasteiger partial charge is 0.303 e. The van der Waals surface area contributed by atoms with Crippen molar-refractivity contribution < 1.29 is 15.0 Å². The summed E-state index contributed by atoms with van der Waals surface area (Å²) in [6.45, 7) is 3.50. The molecule has 0 unspecified atom stereocenters. The Morgan fingerprint density at radius 2 is 1.71 bits per heavy atom. The van der Waals surface area contributed by atoms with E-state index in [-0.39, 0.29) is 18.0 Å². The molecule has 28 heavy (non-hydrogen) atoms. The molecular formula is C18H21N5O5. The van der Waals surface area contributed by atoms with Crippen LogP contribution in [0.1, 0.15) is 19.8 Å². The van der Waals surface area contributed by atoms with E-state index in [1.807, 2.05) is 12.1 Å². The third-order valence-electron chi connectivity index (χ3n) is 4.01. The van der Waals surface area contributed by atoms with Gasteiger partial charge in [0.1, 0.15) is 0 Å². The standard InChI is InChI=1S/C18H21N5O5/c1-2-3-10-21(11-12-24)15-6-4-14(5-7-15)19-20-17-9-8-16(22(25)26)13-18(17)23(27)28/h4-9,13,24H,2-3,10-12H2,1H3/b20-19+. The SMILES string of the molecule is CCCCN(CCO)c1ccc(/N=N/c2ccc([N+](=O)[O-])cc2[N+](=O)[O-])cc1. The van der Waals surface area contributed by atoms with Crippen LogP contribution < -0.4 is 4.90 Å². The molecular weight excluding hydrogens is 366 g/mol. The number of benzene rings is 2. The molecule has 0 saturated carbocycles. The van der Waals surface area contributed by atoms with Crippen molar-refractivity contribution in [2.24, 2.45) is 10.2 Å². The second-order valence-electron chi connectivity index (χ2n) is 5.97. The van der Waals surface area contributed by atoms with Crippen LogP contribution in [0.25, 0.3) is 0 Å². The van der Waals surface area contributed by atoms with Crippen LogP contribution in [0, 0.1) is 20.2 Å². The van der Waals surface area contributed by atoms with Crippen molar-refractivity contribution in [2.75, 3.05) is 24.6 Å². The summed E-state index contributed by atoms with van der Waals surface area (Å²) in [5.74, 6) is 0. The molecule has 2 rings (SSSR count). The highest BCUT2D eigenvalue weighted by Gasteiger charge is 2.19. The van der Waals surface area contributed by atoms with Crippen LogP contribution in [0.5, 0.6) is 0 Å². The van der Waals surface area contributed by atoms with Crippen molar-refractivity contribution in [3.8, 4) is 0 Å². The molecule has 0 saturated heterocycles. The molecule has 2 aromatic rings. The number of non-ortho nitro benzene ring substituents is 1. The predicted molar refractivity (Wildman–Crippen MR) is 105 cm³/mol. The van der Waals surface area contributed by atoms with Gasteiger partial charge in [0.2, 0.25) is 0 Å². The maximum atomic E-state index is 11.1. The summed E-state index contributed by atoms with van der Waals surface area (Å²) < 4.78 is 0. The Hall–Kier alpha value is -3.40. The van der Waals surface area contributed by atoms with Gasteiger partial charge in [0.15, 0.2) is 5.69 Å². The Morgan fingerprint density at radius 3 is 2.29 bits per heavy atom. The van der Waals surface area contributed by atoms with Crippen LogP contribution in [0.2, 0.25) is 0 Å². The van der Waals surface area contributed by atoms with Crippen LogP contribution in [0.4, 0.5) is 28.4 Å². The van der Waals surface area contributed by atoms with Gasteiger partial charge in [0.05, 0.1) is 28.2 Å². The summed E-state index contributed by atoms with van der Waals surface area (Å²) in [5.41, 5.74) is 0.484. The van der Waals surface area contributed by atoms with Crippen molar-refractivity contribution in [2.45, 2.75) is 19.8 Å². The molecule has 10 nitrogen and oxygen atoms in total. The van der Waals surface area contributed by atoms with Crippen LogP contribution in [0.15, 0.2) is 52.7 Å². The molecule has 0 radical (unpaired) electrons. The largest absolute Gasteiger partial charge is 0.395 e. The first kappa shape index (κ1) is 20.9. The molecule has 0 amide bonds. The average Bonchev–Trinajstić information content (AvgIpc) is 2.69. The minimum atomic E-state index is -0.731. The fourth-order valence-corrected chi connectivity index (χ4v) is 2.54. The molecule has 10 heteroatoms. The Labute approximate surface area is 161 Å². The quantitative estimate of drug-likeness (QED) is 0.362. The van der Waals surface area contributed by atoms with E-state index in [9.17, 15) is 25.3 Å². The third-order valence-corrected chi connectivity index (χ3v) is 4.01. The highest BCUT2D eigenvalue weighted by atomic mass is 16.6. The minimum absolute atomic E-state index is 0.0506. The van der Waals surface area contributed by atoms with E-state index in [4.69, 9.17) is 0 Å². The fourth-order valence-electron chi connectivity index (χ4n) is 2.54. The Bertz CT molecular complexity index is 854. The number of aliphatic hydroxyl groups is 1. The van der Waals surface area contributed by atoms with Crippen LogP contribution in [-0.2, 0) is 0 Å².